The number of hydrogen-bond donors (Lipinski definition) is 0. The second-order valence-corrected chi connectivity index (χ2v) is 3.58. The Morgan fingerprint density at radius 3 is 3.15 bits per heavy atom. The van der Waals surface area contributed by atoms with Crippen LogP contribution in [0.1, 0.15) is 6.42 Å². The first-order valence-corrected chi connectivity index (χ1v) is 4.71. The van der Waals surface area contributed by atoms with Gasteiger partial charge >= 0.3 is 6.01 Å². The van der Waals surface area contributed by atoms with Crippen molar-refractivity contribution in [1.29, 1.82) is 0 Å². The van der Waals surface area contributed by atoms with Crippen LogP contribution in [0.25, 0.3) is 4.48 Å². The van der Waals surface area contributed by atoms with E-state index < -0.39 is 0 Å². The lowest BCUT2D eigenvalue weighted by molar-refractivity contribution is 0.377. The molecule has 0 N–H and O–H groups in total. The summed E-state index contributed by atoms with van der Waals surface area (Å²) in [4.78, 5) is 12.5. The Labute approximate surface area is 83.5 Å². The third kappa shape index (κ3) is 1.56. The highest BCUT2D eigenvalue weighted by molar-refractivity contribution is 9.14. The molecule has 13 heavy (non-hydrogen) atoms. The summed E-state index contributed by atoms with van der Waals surface area (Å²) in [5.74, 6) is 0. The molecule has 0 fully saturated rings. The van der Waals surface area contributed by atoms with Gasteiger partial charge in [0.15, 0.2) is 0 Å². The lowest BCUT2D eigenvalue weighted by Crippen LogP contribution is -2.33. The number of fused-ring (bicyclic) bond motifs is 1. The van der Waals surface area contributed by atoms with Gasteiger partial charge in [0, 0.05) is 17.4 Å². The Kier molecular flexibility index (Phi) is 2.26. The van der Waals surface area contributed by atoms with Crippen LogP contribution in [0.5, 0.6) is 6.01 Å². The van der Waals surface area contributed by atoms with Crippen molar-refractivity contribution in [1.82, 2.24) is 9.97 Å². The highest BCUT2D eigenvalue weighted by atomic mass is 79.9. The molecule has 0 aromatic carbocycles. The van der Waals surface area contributed by atoms with Crippen LogP contribution in [0.4, 0.5) is 0 Å². The smallest absolute Gasteiger partial charge is 0.316 e. The van der Waals surface area contributed by atoms with Crippen LogP contribution in [-0.2, 0) is 0 Å². The molecule has 1 aliphatic rings. The standard InChI is InChI=1S/C8H8BrN3O/c1-13-8-11-4-6-7(12-8)5(9)2-3-10-6/h4H,2-3H2,1H3. The molecule has 1 aromatic rings. The molecule has 4 nitrogen and oxygen atoms in total. The molecular weight excluding hydrogens is 234 g/mol. The lowest BCUT2D eigenvalue weighted by Gasteiger charge is -2.03. The predicted octanol–water partition coefficient (Wildman–Crippen LogP) is 0.0116. The summed E-state index contributed by atoms with van der Waals surface area (Å²) >= 11 is 3.46. The maximum absolute atomic E-state index is 4.93. The van der Waals surface area contributed by atoms with Crippen LogP contribution in [0, 0.1) is 0 Å². The quantitative estimate of drug-likeness (QED) is 0.697. The van der Waals surface area contributed by atoms with E-state index in [4.69, 9.17) is 4.74 Å². The van der Waals surface area contributed by atoms with E-state index >= 15 is 0 Å². The average Bonchev–Trinajstić information content (AvgIpc) is 2.18. The molecule has 2 heterocycles. The Morgan fingerprint density at radius 1 is 1.54 bits per heavy atom. The number of hydrogen-bond acceptors (Lipinski definition) is 4. The minimum absolute atomic E-state index is 0.382. The summed E-state index contributed by atoms with van der Waals surface area (Å²) in [6.07, 6.45) is 2.58. The fraction of sp³-hybridized carbons (Fsp3) is 0.375. The summed E-state index contributed by atoms with van der Waals surface area (Å²) in [5, 5.41) is 1.68. The molecule has 0 aliphatic carbocycles. The van der Waals surface area contributed by atoms with Crippen molar-refractivity contribution in [2.45, 2.75) is 6.42 Å². The van der Waals surface area contributed by atoms with Crippen molar-refractivity contribution >= 4 is 20.4 Å². The third-order valence-electron chi connectivity index (χ3n) is 1.80. The first kappa shape index (κ1) is 8.62. The fourth-order valence-corrected chi connectivity index (χ4v) is 1.63. The van der Waals surface area contributed by atoms with Gasteiger partial charge in [-0.3, -0.25) is 4.99 Å². The van der Waals surface area contributed by atoms with Gasteiger partial charge in [-0.05, 0) is 0 Å². The van der Waals surface area contributed by atoms with E-state index in [-0.39, 0.29) is 0 Å². The van der Waals surface area contributed by atoms with Crippen LogP contribution in [0.3, 0.4) is 0 Å². The molecule has 0 amide bonds. The zero-order chi connectivity index (χ0) is 9.26. The molecule has 0 bridgehead atoms. The van der Waals surface area contributed by atoms with E-state index in [0.717, 1.165) is 28.2 Å². The van der Waals surface area contributed by atoms with Crippen LogP contribution >= 0.6 is 15.9 Å². The molecule has 5 heteroatoms. The van der Waals surface area contributed by atoms with Crippen molar-refractivity contribution < 1.29 is 4.74 Å². The predicted molar refractivity (Wildman–Crippen MR) is 51.2 cm³/mol. The molecule has 0 atom stereocenters. The van der Waals surface area contributed by atoms with E-state index in [0.29, 0.717) is 6.01 Å². The van der Waals surface area contributed by atoms with Gasteiger partial charge in [-0.15, -0.1) is 0 Å². The number of ether oxygens (including phenoxy) is 1. The Hall–Kier alpha value is -0.970. The van der Waals surface area contributed by atoms with Gasteiger partial charge in [0.2, 0.25) is 0 Å². The molecular formula is C8H8BrN3O. The molecule has 1 aromatic heterocycles. The highest BCUT2D eigenvalue weighted by Crippen LogP contribution is 2.10. The van der Waals surface area contributed by atoms with Crippen LogP contribution < -0.4 is 15.4 Å². The molecule has 0 unspecified atom stereocenters. The van der Waals surface area contributed by atoms with E-state index in [1.54, 1.807) is 13.3 Å². The monoisotopic (exact) mass is 241 g/mol. The Morgan fingerprint density at radius 2 is 2.38 bits per heavy atom. The summed E-state index contributed by atoms with van der Waals surface area (Å²) in [7, 11) is 1.55. The normalized spacial score (nSPS) is 14.8. The van der Waals surface area contributed by atoms with E-state index in [2.05, 4.69) is 30.9 Å². The second-order valence-electron chi connectivity index (χ2n) is 2.63. The third-order valence-corrected chi connectivity index (χ3v) is 2.57. The van der Waals surface area contributed by atoms with E-state index in [1.165, 1.54) is 0 Å². The molecule has 1 aliphatic heterocycles. The topological polar surface area (TPSA) is 47.4 Å². The maximum Gasteiger partial charge on any atom is 0.316 e. The van der Waals surface area contributed by atoms with Crippen molar-refractivity contribution in [3.63, 3.8) is 0 Å². The Balaban J connectivity index is 2.74. The molecule has 0 saturated carbocycles. The molecule has 0 spiro atoms. The summed E-state index contributed by atoms with van der Waals surface area (Å²) in [5.41, 5.74) is 0. The molecule has 68 valence electrons. The zero-order valence-electron chi connectivity index (χ0n) is 7.12. The van der Waals surface area contributed by atoms with Gasteiger partial charge in [-0.1, -0.05) is 15.9 Å². The SMILES string of the molecule is COc1ncc2c(n1)=C(Br)CCN=2. The second kappa shape index (κ2) is 3.41. The summed E-state index contributed by atoms with van der Waals surface area (Å²) in [6, 6.07) is 0.382. The van der Waals surface area contributed by atoms with Gasteiger partial charge in [-0.25, -0.2) is 4.98 Å². The highest BCUT2D eigenvalue weighted by Gasteiger charge is 2.05. The molecule has 0 radical (unpaired) electrons. The van der Waals surface area contributed by atoms with Crippen molar-refractivity contribution in [2.75, 3.05) is 13.7 Å². The van der Waals surface area contributed by atoms with Gasteiger partial charge in [0.25, 0.3) is 0 Å². The fourth-order valence-electron chi connectivity index (χ4n) is 1.17. The van der Waals surface area contributed by atoms with Crippen LogP contribution in [0.2, 0.25) is 0 Å². The number of aromatic nitrogens is 2. The lowest BCUT2D eigenvalue weighted by atomic mass is 10.3. The largest absolute Gasteiger partial charge is 0.467 e. The summed E-state index contributed by atoms with van der Waals surface area (Å²) in [6.45, 7) is 0.795. The van der Waals surface area contributed by atoms with Crippen LogP contribution in [0.15, 0.2) is 11.2 Å². The van der Waals surface area contributed by atoms with Crippen molar-refractivity contribution in [3.05, 3.63) is 16.9 Å². The number of nitrogens with zero attached hydrogens (tertiary/aromatic N) is 3. The first-order valence-electron chi connectivity index (χ1n) is 3.91. The van der Waals surface area contributed by atoms with Gasteiger partial charge in [0.1, 0.15) is 10.7 Å². The first-order chi connectivity index (χ1) is 6.31. The number of rotatable bonds is 1. The van der Waals surface area contributed by atoms with Gasteiger partial charge < -0.3 is 4.74 Å². The van der Waals surface area contributed by atoms with Crippen molar-refractivity contribution in [3.8, 4) is 6.01 Å². The average molecular weight is 242 g/mol. The van der Waals surface area contributed by atoms with Gasteiger partial charge in [0.05, 0.1) is 13.3 Å². The molecule has 2 rings (SSSR count). The van der Waals surface area contributed by atoms with Crippen LogP contribution in [-0.4, -0.2) is 23.6 Å². The summed E-state index contributed by atoms with van der Waals surface area (Å²) < 4.78 is 6.00. The maximum atomic E-state index is 4.93. The Bertz CT molecular complexity index is 443. The van der Waals surface area contributed by atoms with E-state index in [9.17, 15) is 0 Å². The zero-order valence-corrected chi connectivity index (χ0v) is 8.71. The minimum Gasteiger partial charge on any atom is -0.467 e. The van der Waals surface area contributed by atoms with E-state index in [1.807, 2.05) is 0 Å². The molecule has 0 saturated heterocycles. The minimum atomic E-state index is 0.382. The van der Waals surface area contributed by atoms with Gasteiger partial charge in [-0.2, -0.15) is 4.98 Å². The number of halogens is 1. The number of methoxy groups -OCH3 is 1. The van der Waals surface area contributed by atoms with Crippen molar-refractivity contribution in [2.24, 2.45) is 4.99 Å².